The van der Waals surface area contributed by atoms with Gasteiger partial charge in [0, 0.05) is 0 Å². The van der Waals surface area contributed by atoms with E-state index in [0.717, 1.165) is 16.7 Å². The summed E-state index contributed by atoms with van der Waals surface area (Å²) in [6.45, 7) is 5.68. The van der Waals surface area contributed by atoms with Crippen LogP contribution >= 0.6 is 23.2 Å². The molecule has 0 radical (unpaired) electrons. The van der Waals surface area contributed by atoms with Crippen LogP contribution in [0.5, 0.6) is 0 Å². The van der Waals surface area contributed by atoms with E-state index >= 15 is 0 Å². The van der Waals surface area contributed by atoms with E-state index in [1.54, 1.807) is 0 Å². The highest BCUT2D eigenvalue weighted by molar-refractivity contribution is 6.43. The van der Waals surface area contributed by atoms with Gasteiger partial charge in [0.05, 0.1) is 5.56 Å². The average molecular weight is 247 g/mol. The molecule has 0 N–H and O–H groups in total. The van der Waals surface area contributed by atoms with Crippen LogP contribution in [0.15, 0.2) is 12.1 Å². The van der Waals surface area contributed by atoms with Crippen molar-refractivity contribution in [2.75, 3.05) is 0 Å². The molecule has 0 fully saturated rings. The topological polar surface area (TPSA) is 26.3 Å². The first-order valence-corrected chi connectivity index (χ1v) is 5.36. The normalized spacial score (nSPS) is 10.5. The van der Waals surface area contributed by atoms with Crippen molar-refractivity contribution >= 4 is 29.2 Å². The Hall–Kier alpha value is -0.730. The number of hydrogen-bond acceptors (Lipinski definition) is 2. The molecule has 0 aliphatic rings. The molecule has 0 saturated heterocycles. The molecule has 0 saturated carbocycles. The van der Waals surface area contributed by atoms with Crippen LogP contribution in [0.4, 0.5) is 0 Å². The van der Waals surface area contributed by atoms with Gasteiger partial charge in [-0.15, -0.1) is 0 Å². The highest BCUT2D eigenvalue weighted by atomic mass is 35.5. The second kappa shape index (κ2) is 4.86. The number of ether oxygens (including phenoxy) is 1. The van der Waals surface area contributed by atoms with Gasteiger partial charge < -0.3 is 4.74 Å². The van der Waals surface area contributed by atoms with Gasteiger partial charge in [-0.2, -0.15) is 0 Å². The van der Waals surface area contributed by atoms with Gasteiger partial charge in [0.2, 0.25) is 0 Å². The lowest BCUT2D eigenvalue weighted by Gasteiger charge is -2.11. The maximum absolute atomic E-state index is 11.6. The van der Waals surface area contributed by atoms with Crippen molar-refractivity contribution in [2.24, 2.45) is 0 Å². The van der Waals surface area contributed by atoms with Crippen LogP contribution in [-0.2, 0) is 4.74 Å². The summed E-state index contributed by atoms with van der Waals surface area (Å²) in [5.74, 6) is -0.486. The Bertz CT molecular complexity index is 363. The zero-order valence-corrected chi connectivity index (χ0v) is 10.3. The highest BCUT2D eigenvalue weighted by Gasteiger charge is 2.16. The van der Waals surface area contributed by atoms with Crippen molar-refractivity contribution in [3.8, 4) is 0 Å². The van der Waals surface area contributed by atoms with Crippen molar-refractivity contribution < 1.29 is 9.53 Å². The molecule has 0 amide bonds. The van der Waals surface area contributed by atoms with Gasteiger partial charge in [0.25, 0.3) is 5.02 Å². The summed E-state index contributed by atoms with van der Waals surface area (Å²) in [6, 6.07) is 3.84. The van der Waals surface area contributed by atoms with Crippen LogP contribution in [0.1, 0.15) is 27.0 Å². The highest BCUT2D eigenvalue weighted by Crippen LogP contribution is 2.19. The molecule has 0 spiro atoms. The average Bonchev–Trinajstić information content (AvgIpc) is 1.99. The molecule has 0 aliphatic heterocycles. The van der Waals surface area contributed by atoms with Crippen LogP contribution in [0.3, 0.4) is 0 Å². The summed E-state index contributed by atoms with van der Waals surface area (Å²) in [5, 5.41) is -1.13. The van der Waals surface area contributed by atoms with Crippen LogP contribution < -0.4 is 0 Å². The molecule has 1 aromatic rings. The minimum absolute atomic E-state index is 0.486. The molecule has 4 heteroatoms. The summed E-state index contributed by atoms with van der Waals surface area (Å²) >= 11 is 10.8. The van der Waals surface area contributed by atoms with E-state index in [9.17, 15) is 4.79 Å². The van der Waals surface area contributed by atoms with E-state index in [2.05, 4.69) is 0 Å². The Morgan fingerprint density at radius 2 is 1.67 bits per heavy atom. The number of benzene rings is 1. The standard InChI is InChI=1S/C11H12Cl2O2/c1-6-4-7(2)9(8(3)5-6)10(14)15-11(12)13/h4-5,11H,1-3H3. The van der Waals surface area contributed by atoms with Gasteiger partial charge >= 0.3 is 5.97 Å². The van der Waals surface area contributed by atoms with Crippen molar-refractivity contribution in [2.45, 2.75) is 25.8 Å². The van der Waals surface area contributed by atoms with E-state index in [-0.39, 0.29) is 0 Å². The summed E-state index contributed by atoms with van der Waals surface area (Å²) in [6.07, 6.45) is 0. The number of aryl methyl sites for hydroxylation is 3. The summed E-state index contributed by atoms with van der Waals surface area (Å²) < 4.78 is 4.73. The minimum atomic E-state index is -1.13. The van der Waals surface area contributed by atoms with Crippen LogP contribution in [-0.4, -0.2) is 11.0 Å². The molecule has 0 aromatic heterocycles. The van der Waals surface area contributed by atoms with Crippen molar-refractivity contribution in [1.29, 1.82) is 0 Å². The Morgan fingerprint density at radius 1 is 1.20 bits per heavy atom. The zero-order chi connectivity index (χ0) is 11.6. The fourth-order valence-electron chi connectivity index (χ4n) is 1.64. The Morgan fingerprint density at radius 3 is 2.07 bits per heavy atom. The SMILES string of the molecule is Cc1cc(C)c(C(=O)OC(Cl)Cl)c(C)c1. The van der Waals surface area contributed by atoms with Gasteiger partial charge in [0.15, 0.2) is 0 Å². The molecule has 82 valence electrons. The van der Waals surface area contributed by atoms with E-state index in [1.807, 2.05) is 32.9 Å². The van der Waals surface area contributed by atoms with E-state index in [1.165, 1.54) is 0 Å². The third-order valence-corrected chi connectivity index (χ3v) is 2.26. The zero-order valence-electron chi connectivity index (χ0n) is 8.80. The predicted molar refractivity (Wildman–Crippen MR) is 61.6 cm³/mol. The monoisotopic (exact) mass is 246 g/mol. The van der Waals surface area contributed by atoms with E-state index < -0.39 is 11.0 Å². The Balaban J connectivity index is 3.09. The summed E-state index contributed by atoms with van der Waals surface area (Å²) in [7, 11) is 0. The summed E-state index contributed by atoms with van der Waals surface area (Å²) in [4.78, 5) is 11.6. The number of hydrogen-bond donors (Lipinski definition) is 0. The molecule has 0 atom stereocenters. The smallest absolute Gasteiger partial charge is 0.341 e. The van der Waals surface area contributed by atoms with Crippen molar-refractivity contribution in [1.82, 2.24) is 0 Å². The van der Waals surface area contributed by atoms with Gasteiger partial charge in [0.1, 0.15) is 0 Å². The lowest BCUT2D eigenvalue weighted by Crippen LogP contribution is -2.11. The van der Waals surface area contributed by atoms with Crippen molar-refractivity contribution in [3.63, 3.8) is 0 Å². The van der Waals surface area contributed by atoms with Crippen LogP contribution in [0.2, 0.25) is 0 Å². The first-order valence-electron chi connectivity index (χ1n) is 4.49. The third-order valence-electron chi connectivity index (χ3n) is 2.08. The number of alkyl halides is 2. The largest absolute Gasteiger partial charge is 0.428 e. The molecule has 1 rings (SSSR count). The lowest BCUT2D eigenvalue weighted by atomic mass is 10.0. The minimum Gasteiger partial charge on any atom is -0.428 e. The molecule has 0 heterocycles. The van der Waals surface area contributed by atoms with Crippen LogP contribution in [0.25, 0.3) is 0 Å². The quantitative estimate of drug-likeness (QED) is 0.590. The third kappa shape index (κ3) is 3.11. The first-order chi connectivity index (χ1) is 6.91. The number of esters is 1. The molecule has 2 nitrogen and oxygen atoms in total. The molecular weight excluding hydrogens is 235 g/mol. The second-order valence-corrected chi connectivity index (χ2v) is 4.46. The second-order valence-electron chi connectivity index (χ2n) is 3.44. The lowest BCUT2D eigenvalue weighted by molar-refractivity contribution is 0.0534. The fourth-order valence-corrected chi connectivity index (χ4v) is 1.80. The number of rotatable bonds is 2. The first kappa shape index (κ1) is 12.3. The molecule has 15 heavy (non-hydrogen) atoms. The fraction of sp³-hybridized carbons (Fsp3) is 0.364. The molecule has 0 bridgehead atoms. The molecule has 1 aromatic carbocycles. The molecular formula is C11H12Cl2O2. The number of carbonyl (C=O) groups is 1. The maximum Gasteiger partial charge on any atom is 0.341 e. The number of halogens is 2. The Labute approximate surface area is 99.1 Å². The summed E-state index contributed by atoms with van der Waals surface area (Å²) in [5.41, 5.74) is 3.37. The van der Waals surface area contributed by atoms with E-state index in [0.29, 0.717) is 5.56 Å². The molecule has 0 aliphatic carbocycles. The van der Waals surface area contributed by atoms with Gasteiger partial charge in [-0.05, 0) is 31.9 Å². The molecule has 0 unspecified atom stereocenters. The Kier molecular flexibility index (Phi) is 4.00. The van der Waals surface area contributed by atoms with Crippen LogP contribution in [0, 0.1) is 20.8 Å². The maximum atomic E-state index is 11.6. The van der Waals surface area contributed by atoms with Gasteiger partial charge in [-0.1, -0.05) is 40.9 Å². The van der Waals surface area contributed by atoms with Gasteiger partial charge in [-0.3, -0.25) is 0 Å². The number of carbonyl (C=O) groups excluding carboxylic acids is 1. The van der Waals surface area contributed by atoms with Gasteiger partial charge in [-0.25, -0.2) is 4.79 Å². The predicted octanol–water partition coefficient (Wildman–Crippen LogP) is 3.53. The van der Waals surface area contributed by atoms with Crippen molar-refractivity contribution in [3.05, 3.63) is 34.4 Å². The van der Waals surface area contributed by atoms with E-state index in [4.69, 9.17) is 27.9 Å².